The van der Waals surface area contributed by atoms with Gasteiger partial charge in [0.1, 0.15) is 30.0 Å². The van der Waals surface area contributed by atoms with Gasteiger partial charge in [0.2, 0.25) is 5.95 Å². The molecule has 210 valence electrons. The molecule has 0 aliphatic carbocycles. The van der Waals surface area contributed by atoms with E-state index < -0.39 is 0 Å². The Hall–Kier alpha value is -5.09. The van der Waals surface area contributed by atoms with Gasteiger partial charge in [0, 0.05) is 36.6 Å². The highest BCUT2D eigenvalue weighted by atomic mass is 16.5. The number of tetrazole rings is 1. The molecular weight excluding hydrogens is 526 g/mol. The summed E-state index contributed by atoms with van der Waals surface area (Å²) in [6, 6.07) is 12.6. The van der Waals surface area contributed by atoms with Crippen molar-refractivity contribution >= 4 is 17.5 Å². The fourth-order valence-corrected chi connectivity index (χ4v) is 4.53. The summed E-state index contributed by atoms with van der Waals surface area (Å²) < 4.78 is 13.1. The second-order valence-corrected chi connectivity index (χ2v) is 9.64. The Bertz CT molecular complexity index is 1530. The average molecular weight is 556 g/mol. The third-order valence-corrected chi connectivity index (χ3v) is 6.70. The lowest BCUT2D eigenvalue weighted by Crippen LogP contribution is -2.40. The van der Waals surface area contributed by atoms with E-state index in [0.29, 0.717) is 66.7 Å². The summed E-state index contributed by atoms with van der Waals surface area (Å²) in [4.78, 5) is 23.7. The number of hydrogen-bond acceptors (Lipinski definition) is 11. The number of aromatic nitrogens is 6. The highest BCUT2D eigenvalue weighted by molar-refractivity contribution is 5.96. The molecule has 2 aromatic heterocycles. The van der Waals surface area contributed by atoms with Crippen molar-refractivity contribution in [1.29, 1.82) is 5.26 Å². The van der Waals surface area contributed by atoms with Crippen LogP contribution in [0.5, 0.6) is 11.5 Å². The summed E-state index contributed by atoms with van der Waals surface area (Å²) >= 11 is 0. The summed E-state index contributed by atoms with van der Waals surface area (Å²) in [5.74, 6) is 1.18. The Morgan fingerprint density at radius 1 is 1.15 bits per heavy atom. The lowest BCUT2D eigenvalue weighted by atomic mass is 10.1. The van der Waals surface area contributed by atoms with Crippen molar-refractivity contribution in [1.82, 2.24) is 35.1 Å². The fraction of sp³-hybridized carbons (Fsp3) is 0.321. The number of anilines is 2. The van der Waals surface area contributed by atoms with Crippen molar-refractivity contribution in [3.63, 3.8) is 0 Å². The molecule has 0 radical (unpaired) electrons. The van der Waals surface area contributed by atoms with Gasteiger partial charge in [-0.2, -0.15) is 5.26 Å². The minimum atomic E-state index is -0.359. The number of amides is 1. The maximum absolute atomic E-state index is 13.0. The molecule has 0 bridgehead atoms. The minimum Gasteiger partial charge on any atom is -0.495 e. The summed E-state index contributed by atoms with van der Waals surface area (Å²) in [6.45, 7) is 3.31. The molecule has 0 saturated carbocycles. The first-order chi connectivity index (χ1) is 19.9. The first kappa shape index (κ1) is 27.5. The molecule has 2 N–H and O–H groups in total. The quantitative estimate of drug-likeness (QED) is 0.312. The van der Waals surface area contributed by atoms with E-state index in [-0.39, 0.29) is 18.1 Å². The molecule has 1 amide bonds. The number of piperidine rings is 1. The molecule has 3 heterocycles. The zero-order valence-corrected chi connectivity index (χ0v) is 22.6. The Balaban J connectivity index is 1.31. The molecule has 1 saturated heterocycles. The zero-order valence-electron chi connectivity index (χ0n) is 22.6. The second-order valence-electron chi connectivity index (χ2n) is 9.64. The first-order valence-corrected chi connectivity index (χ1v) is 13.1. The molecule has 1 fully saturated rings. The highest BCUT2D eigenvalue weighted by Gasteiger charge is 2.23. The van der Waals surface area contributed by atoms with Crippen LogP contribution in [0.15, 0.2) is 55.1 Å². The molecule has 5 rings (SSSR count). The number of aliphatic hydroxyl groups excluding tert-OH is 1. The number of carbonyl (C=O) groups is 1. The summed E-state index contributed by atoms with van der Waals surface area (Å²) in [7, 11) is 1.55. The summed E-state index contributed by atoms with van der Waals surface area (Å²) in [5.41, 5.74) is 2.95. The Morgan fingerprint density at radius 2 is 1.93 bits per heavy atom. The van der Waals surface area contributed by atoms with Gasteiger partial charge in [-0.3, -0.25) is 4.79 Å². The van der Waals surface area contributed by atoms with E-state index in [1.165, 1.54) is 6.33 Å². The van der Waals surface area contributed by atoms with Crippen molar-refractivity contribution in [3.05, 3.63) is 66.2 Å². The normalized spacial score (nSPS) is 14.2. The van der Waals surface area contributed by atoms with E-state index in [4.69, 9.17) is 9.47 Å². The van der Waals surface area contributed by atoms with E-state index in [1.807, 2.05) is 6.92 Å². The smallest absolute Gasteiger partial charge is 0.253 e. The molecular formula is C28H29N9O4. The number of benzene rings is 2. The van der Waals surface area contributed by atoms with Gasteiger partial charge >= 0.3 is 0 Å². The standard InChI is InChI=1S/C28H29N9O4/c1-18(16-37-17-32-34-35-37)41-26-12-19(3-4-21(26)13-29)22-14-30-28(31-15-22)33-24-11-20(5-6-25(24)40-2)27(39)36-9-7-23(38)8-10-36/h3-6,11-12,14-15,17-18,23,38H,7-10,16H2,1-2H3,(H,30,31,33). The number of aliphatic hydroxyl groups is 1. The van der Waals surface area contributed by atoms with Crippen LogP contribution in [-0.4, -0.2) is 78.5 Å². The van der Waals surface area contributed by atoms with Crippen molar-refractivity contribution in [3.8, 4) is 28.7 Å². The second kappa shape index (κ2) is 12.4. The van der Waals surface area contributed by atoms with Gasteiger partial charge < -0.3 is 24.8 Å². The first-order valence-electron chi connectivity index (χ1n) is 13.1. The summed E-state index contributed by atoms with van der Waals surface area (Å²) in [6.07, 6.45) is 5.31. The van der Waals surface area contributed by atoms with Gasteiger partial charge in [-0.25, -0.2) is 14.6 Å². The number of likely N-dealkylation sites (tertiary alicyclic amines) is 1. The third-order valence-electron chi connectivity index (χ3n) is 6.70. The largest absolute Gasteiger partial charge is 0.495 e. The molecule has 1 aliphatic rings. The van der Waals surface area contributed by atoms with Gasteiger partial charge in [0.15, 0.2) is 0 Å². The van der Waals surface area contributed by atoms with E-state index in [9.17, 15) is 15.2 Å². The number of carbonyl (C=O) groups excluding carboxylic acids is 1. The fourth-order valence-electron chi connectivity index (χ4n) is 4.53. The van der Waals surface area contributed by atoms with E-state index in [0.717, 1.165) is 11.1 Å². The number of hydrogen-bond donors (Lipinski definition) is 2. The zero-order chi connectivity index (χ0) is 28.8. The number of nitrogens with one attached hydrogen (secondary N) is 1. The molecule has 13 nitrogen and oxygen atoms in total. The topological polar surface area (TPSA) is 164 Å². The van der Waals surface area contributed by atoms with Gasteiger partial charge in [0.25, 0.3) is 5.91 Å². The Morgan fingerprint density at radius 3 is 2.61 bits per heavy atom. The molecule has 4 aromatic rings. The Labute approximate surface area is 236 Å². The monoisotopic (exact) mass is 555 g/mol. The van der Waals surface area contributed by atoms with Crippen LogP contribution in [0.4, 0.5) is 11.6 Å². The number of nitriles is 1. The molecule has 41 heavy (non-hydrogen) atoms. The third kappa shape index (κ3) is 6.56. The van der Waals surface area contributed by atoms with Gasteiger partial charge in [-0.05, 0) is 66.1 Å². The number of methoxy groups -OCH3 is 1. The number of rotatable bonds is 9. The van der Waals surface area contributed by atoms with Crippen molar-refractivity contribution in [2.45, 2.75) is 38.5 Å². The van der Waals surface area contributed by atoms with Crippen LogP contribution in [0.25, 0.3) is 11.1 Å². The molecule has 2 aromatic carbocycles. The van der Waals surface area contributed by atoms with Crippen molar-refractivity contribution in [2.75, 3.05) is 25.5 Å². The maximum Gasteiger partial charge on any atom is 0.253 e. The maximum atomic E-state index is 13.0. The van der Waals surface area contributed by atoms with Crippen LogP contribution < -0.4 is 14.8 Å². The predicted octanol–water partition coefficient (Wildman–Crippen LogP) is 2.82. The molecule has 1 aliphatic heterocycles. The van der Waals surface area contributed by atoms with Crippen LogP contribution in [0.3, 0.4) is 0 Å². The van der Waals surface area contributed by atoms with Gasteiger partial charge in [0.05, 0.1) is 31.0 Å². The van der Waals surface area contributed by atoms with Crippen LogP contribution in [0, 0.1) is 11.3 Å². The van der Waals surface area contributed by atoms with E-state index in [2.05, 4.69) is 36.9 Å². The summed E-state index contributed by atoms with van der Waals surface area (Å²) in [5, 5.41) is 33.5. The SMILES string of the molecule is COc1ccc(C(=O)N2CCC(O)CC2)cc1Nc1ncc(-c2ccc(C#N)c(OC(C)Cn3cnnn3)c2)cn1. The van der Waals surface area contributed by atoms with Crippen LogP contribution in [0.1, 0.15) is 35.7 Å². The van der Waals surface area contributed by atoms with E-state index in [1.54, 1.807) is 65.5 Å². The van der Waals surface area contributed by atoms with Crippen molar-refractivity contribution in [2.24, 2.45) is 0 Å². The lowest BCUT2D eigenvalue weighted by molar-refractivity contribution is 0.0546. The van der Waals surface area contributed by atoms with E-state index >= 15 is 0 Å². The lowest BCUT2D eigenvalue weighted by Gasteiger charge is -2.29. The molecule has 1 atom stereocenters. The molecule has 1 unspecified atom stereocenters. The Kier molecular flexibility index (Phi) is 8.31. The average Bonchev–Trinajstić information content (AvgIpc) is 3.50. The van der Waals surface area contributed by atoms with Crippen LogP contribution in [-0.2, 0) is 6.54 Å². The highest BCUT2D eigenvalue weighted by Crippen LogP contribution is 2.30. The molecule has 13 heteroatoms. The van der Waals surface area contributed by atoms with Crippen molar-refractivity contribution < 1.29 is 19.4 Å². The van der Waals surface area contributed by atoms with Crippen LogP contribution >= 0.6 is 0 Å². The number of ether oxygens (including phenoxy) is 2. The predicted molar refractivity (Wildman–Crippen MR) is 148 cm³/mol. The van der Waals surface area contributed by atoms with Gasteiger partial charge in [-0.15, -0.1) is 5.10 Å². The van der Waals surface area contributed by atoms with Crippen LogP contribution in [0.2, 0.25) is 0 Å². The molecule has 0 spiro atoms. The van der Waals surface area contributed by atoms with Gasteiger partial charge in [-0.1, -0.05) is 6.07 Å². The number of nitrogens with zero attached hydrogens (tertiary/aromatic N) is 8. The minimum absolute atomic E-state index is 0.106.